The molecule has 5 nitrogen and oxygen atoms in total. The van der Waals surface area contributed by atoms with E-state index in [0.29, 0.717) is 18.3 Å². The fraction of sp³-hybridized carbons (Fsp3) is 0.550. The average molecular weight is 341 g/mol. The summed E-state index contributed by atoms with van der Waals surface area (Å²) in [5.41, 5.74) is 2.12. The number of aromatic nitrogens is 2. The molecular weight excluding hydrogens is 314 g/mol. The van der Waals surface area contributed by atoms with Crippen LogP contribution in [0.4, 0.5) is 0 Å². The molecule has 0 aliphatic heterocycles. The zero-order valence-corrected chi connectivity index (χ0v) is 15.4. The minimum absolute atomic E-state index is 0.115. The molecule has 1 saturated carbocycles. The molecule has 5 heteroatoms. The fourth-order valence-corrected chi connectivity index (χ4v) is 3.38. The Labute approximate surface area is 149 Å². The number of hydrogen-bond donors (Lipinski definition) is 0. The van der Waals surface area contributed by atoms with Gasteiger partial charge in [-0.3, -0.25) is 4.79 Å². The van der Waals surface area contributed by atoms with Gasteiger partial charge in [0.2, 0.25) is 17.6 Å². The van der Waals surface area contributed by atoms with E-state index < -0.39 is 0 Å². The van der Waals surface area contributed by atoms with Crippen molar-refractivity contribution in [2.45, 2.75) is 65.5 Å². The molecule has 0 N–H and O–H groups in total. The predicted molar refractivity (Wildman–Crippen MR) is 96.7 cm³/mol. The van der Waals surface area contributed by atoms with Crippen molar-refractivity contribution in [2.24, 2.45) is 5.92 Å². The van der Waals surface area contributed by atoms with Crippen molar-refractivity contribution < 1.29 is 9.32 Å². The number of rotatable bonds is 5. The highest BCUT2D eigenvalue weighted by molar-refractivity contribution is 5.79. The first-order chi connectivity index (χ1) is 12.0. The third-order valence-electron chi connectivity index (χ3n) is 4.94. The van der Waals surface area contributed by atoms with Gasteiger partial charge in [-0.15, -0.1) is 0 Å². The van der Waals surface area contributed by atoms with E-state index in [0.717, 1.165) is 31.2 Å². The van der Waals surface area contributed by atoms with E-state index in [4.69, 9.17) is 4.52 Å². The van der Waals surface area contributed by atoms with Crippen molar-refractivity contribution in [1.82, 2.24) is 15.0 Å². The summed E-state index contributed by atoms with van der Waals surface area (Å²) < 4.78 is 5.41. The minimum Gasteiger partial charge on any atom is -0.337 e. The van der Waals surface area contributed by atoms with Crippen LogP contribution in [-0.2, 0) is 11.3 Å². The molecule has 0 radical (unpaired) electrons. The molecule has 1 aromatic carbocycles. The Bertz CT molecular complexity index is 700. The lowest BCUT2D eigenvalue weighted by molar-refractivity contribution is -0.139. The SMILES string of the molecule is Cc1ccc(-c2noc(CN(C(=O)C3CCCCC3)C(C)C)n2)cc1. The van der Waals surface area contributed by atoms with Crippen LogP contribution in [0.1, 0.15) is 57.4 Å². The molecule has 25 heavy (non-hydrogen) atoms. The van der Waals surface area contributed by atoms with Gasteiger partial charge < -0.3 is 9.42 Å². The van der Waals surface area contributed by atoms with E-state index in [9.17, 15) is 4.79 Å². The Kier molecular flexibility index (Phi) is 5.51. The number of amides is 1. The Hall–Kier alpha value is -2.17. The topological polar surface area (TPSA) is 59.2 Å². The van der Waals surface area contributed by atoms with E-state index in [1.54, 1.807) is 0 Å². The minimum atomic E-state index is 0.115. The second-order valence-corrected chi connectivity index (χ2v) is 7.27. The van der Waals surface area contributed by atoms with Crippen LogP contribution in [0.3, 0.4) is 0 Å². The Morgan fingerprint density at radius 2 is 1.88 bits per heavy atom. The predicted octanol–water partition coefficient (Wildman–Crippen LogP) is 4.36. The van der Waals surface area contributed by atoms with E-state index in [1.807, 2.05) is 49.9 Å². The van der Waals surface area contributed by atoms with Crippen molar-refractivity contribution in [3.05, 3.63) is 35.7 Å². The fourth-order valence-electron chi connectivity index (χ4n) is 3.38. The summed E-state index contributed by atoms with van der Waals surface area (Å²) in [5.74, 6) is 1.44. The van der Waals surface area contributed by atoms with Crippen LogP contribution in [0.2, 0.25) is 0 Å². The highest BCUT2D eigenvalue weighted by Crippen LogP contribution is 2.27. The number of carbonyl (C=O) groups is 1. The molecule has 1 fully saturated rings. The monoisotopic (exact) mass is 341 g/mol. The molecule has 2 aromatic rings. The molecule has 0 bridgehead atoms. The van der Waals surface area contributed by atoms with Crippen molar-refractivity contribution in [3.63, 3.8) is 0 Å². The lowest BCUT2D eigenvalue weighted by Crippen LogP contribution is -2.41. The summed E-state index contributed by atoms with van der Waals surface area (Å²) in [6, 6.07) is 8.13. The van der Waals surface area contributed by atoms with Gasteiger partial charge in [-0.1, -0.05) is 54.2 Å². The van der Waals surface area contributed by atoms with Crippen LogP contribution >= 0.6 is 0 Å². The van der Waals surface area contributed by atoms with Gasteiger partial charge in [0.25, 0.3) is 0 Å². The summed E-state index contributed by atoms with van der Waals surface area (Å²) in [6.45, 7) is 6.50. The van der Waals surface area contributed by atoms with Gasteiger partial charge in [0.1, 0.15) is 6.54 Å². The third-order valence-corrected chi connectivity index (χ3v) is 4.94. The summed E-state index contributed by atoms with van der Waals surface area (Å²) in [5, 5.41) is 4.08. The second-order valence-electron chi connectivity index (χ2n) is 7.27. The maximum atomic E-state index is 12.9. The molecule has 1 aromatic heterocycles. The summed E-state index contributed by atoms with van der Waals surface area (Å²) in [6.07, 6.45) is 5.55. The largest absolute Gasteiger partial charge is 0.337 e. The van der Waals surface area contributed by atoms with E-state index >= 15 is 0 Å². The van der Waals surface area contributed by atoms with Crippen LogP contribution < -0.4 is 0 Å². The highest BCUT2D eigenvalue weighted by atomic mass is 16.5. The average Bonchev–Trinajstić information content (AvgIpc) is 3.09. The lowest BCUT2D eigenvalue weighted by atomic mass is 9.88. The van der Waals surface area contributed by atoms with Gasteiger partial charge in [-0.2, -0.15) is 4.98 Å². The Morgan fingerprint density at radius 3 is 2.52 bits per heavy atom. The van der Waals surface area contributed by atoms with E-state index in [2.05, 4.69) is 10.1 Å². The molecule has 1 heterocycles. The maximum absolute atomic E-state index is 12.9. The normalized spacial score (nSPS) is 15.5. The standard InChI is InChI=1S/C20H27N3O2/c1-14(2)23(20(24)17-7-5-4-6-8-17)13-18-21-19(22-25-18)16-11-9-15(3)10-12-16/h9-12,14,17H,4-8,13H2,1-3H3. The number of hydrogen-bond acceptors (Lipinski definition) is 4. The van der Waals surface area contributed by atoms with Gasteiger partial charge in [-0.05, 0) is 33.6 Å². The van der Waals surface area contributed by atoms with Crippen LogP contribution in [0.25, 0.3) is 11.4 Å². The first-order valence-corrected chi connectivity index (χ1v) is 9.24. The molecule has 0 atom stereocenters. The number of nitrogens with zero attached hydrogens (tertiary/aromatic N) is 3. The van der Waals surface area contributed by atoms with Crippen LogP contribution in [0, 0.1) is 12.8 Å². The molecule has 134 valence electrons. The van der Waals surface area contributed by atoms with Crippen LogP contribution in [-0.4, -0.2) is 27.0 Å². The molecular formula is C20H27N3O2. The molecule has 0 spiro atoms. The molecule has 1 amide bonds. The molecule has 1 aliphatic rings. The third kappa shape index (κ3) is 4.27. The van der Waals surface area contributed by atoms with Crippen molar-refractivity contribution in [2.75, 3.05) is 0 Å². The van der Waals surface area contributed by atoms with E-state index in [-0.39, 0.29) is 17.9 Å². The lowest BCUT2D eigenvalue weighted by Gasteiger charge is -2.31. The van der Waals surface area contributed by atoms with Gasteiger partial charge in [0, 0.05) is 17.5 Å². The van der Waals surface area contributed by atoms with Crippen LogP contribution in [0.15, 0.2) is 28.8 Å². The molecule has 0 saturated heterocycles. The quantitative estimate of drug-likeness (QED) is 0.810. The zero-order chi connectivity index (χ0) is 17.8. The molecule has 0 unspecified atom stereocenters. The van der Waals surface area contributed by atoms with Gasteiger partial charge in [0.05, 0.1) is 0 Å². The van der Waals surface area contributed by atoms with E-state index in [1.165, 1.54) is 12.0 Å². The molecule has 3 rings (SSSR count). The van der Waals surface area contributed by atoms with Crippen LogP contribution in [0.5, 0.6) is 0 Å². The zero-order valence-electron chi connectivity index (χ0n) is 15.4. The second kappa shape index (κ2) is 7.81. The summed E-state index contributed by atoms with van der Waals surface area (Å²) in [7, 11) is 0. The smallest absolute Gasteiger partial charge is 0.246 e. The van der Waals surface area contributed by atoms with Crippen molar-refractivity contribution >= 4 is 5.91 Å². The summed E-state index contributed by atoms with van der Waals surface area (Å²) >= 11 is 0. The number of carbonyl (C=O) groups excluding carboxylic acids is 1. The molecule has 1 aliphatic carbocycles. The highest BCUT2D eigenvalue weighted by Gasteiger charge is 2.28. The van der Waals surface area contributed by atoms with Gasteiger partial charge in [0.15, 0.2) is 0 Å². The van der Waals surface area contributed by atoms with Crippen molar-refractivity contribution in [1.29, 1.82) is 0 Å². The first-order valence-electron chi connectivity index (χ1n) is 9.24. The van der Waals surface area contributed by atoms with Crippen molar-refractivity contribution in [3.8, 4) is 11.4 Å². The maximum Gasteiger partial charge on any atom is 0.246 e. The number of benzene rings is 1. The van der Waals surface area contributed by atoms with Gasteiger partial charge in [-0.25, -0.2) is 0 Å². The summed E-state index contributed by atoms with van der Waals surface area (Å²) in [4.78, 5) is 19.3. The van der Waals surface area contributed by atoms with Gasteiger partial charge >= 0.3 is 0 Å². The number of aryl methyl sites for hydroxylation is 1. The Balaban J connectivity index is 1.72. The Morgan fingerprint density at radius 1 is 1.20 bits per heavy atom. The first kappa shape index (κ1) is 17.6.